The van der Waals surface area contributed by atoms with E-state index in [4.69, 9.17) is 5.11 Å². The Hall–Kier alpha value is -2.96. The van der Waals surface area contributed by atoms with Crippen LogP contribution in [0.5, 0.6) is 0 Å². The van der Waals surface area contributed by atoms with Crippen LogP contribution in [0.25, 0.3) is 6.08 Å². The van der Waals surface area contributed by atoms with Gasteiger partial charge in [-0.1, -0.05) is 12.1 Å². The number of carboxylic acids is 1. The highest BCUT2D eigenvalue weighted by Gasteiger charge is 2.12. The highest BCUT2D eigenvalue weighted by molar-refractivity contribution is 5.94. The number of carboxylic acid groups (broad SMARTS) is 1. The monoisotopic (exact) mass is 286 g/mol. The summed E-state index contributed by atoms with van der Waals surface area (Å²) in [4.78, 5) is 28.1. The summed E-state index contributed by atoms with van der Waals surface area (Å²) < 4.78 is 0. The van der Waals surface area contributed by atoms with E-state index in [9.17, 15) is 9.59 Å². The third kappa shape index (κ3) is 4.00. The molecule has 0 bridgehead atoms. The lowest BCUT2D eigenvalue weighted by molar-refractivity contribution is -0.131. The average Bonchev–Trinajstić information content (AvgIpc) is 2.97. The van der Waals surface area contributed by atoms with Crippen LogP contribution in [-0.4, -0.2) is 44.1 Å². The maximum Gasteiger partial charge on any atom is 0.328 e. The van der Waals surface area contributed by atoms with Crippen molar-refractivity contribution in [3.8, 4) is 0 Å². The second-order valence-electron chi connectivity index (χ2n) is 4.39. The van der Waals surface area contributed by atoms with Gasteiger partial charge in [0.1, 0.15) is 12.2 Å². The molecule has 0 unspecified atom stereocenters. The molecule has 2 rings (SSSR count). The van der Waals surface area contributed by atoms with Crippen LogP contribution in [0, 0.1) is 0 Å². The van der Waals surface area contributed by atoms with Gasteiger partial charge in [0.15, 0.2) is 0 Å². The summed E-state index contributed by atoms with van der Waals surface area (Å²) in [5, 5.41) is 15.0. The third-order valence-corrected chi connectivity index (χ3v) is 2.77. The van der Waals surface area contributed by atoms with Gasteiger partial charge < -0.3 is 10.0 Å². The number of nitrogens with one attached hydrogen (secondary N) is 1. The van der Waals surface area contributed by atoms with Gasteiger partial charge in [0.05, 0.1) is 6.54 Å². The minimum atomic E-state index is -1.01. The smallest absolute Gasteiger partial charge is 0.328 e. The highest BCUT2D eigenvalue weighted by atomic mass is 16.4. The predicted molar refractivity (Wildman–Crippen MR) is 75.3 cm³/mol. The first-order valence-corrected chi connectivity index (χ1v) is 6.17. The molecule has 0 aliphatic carbocycles. The summed E-state index contributed by atoms with van der Waals surface area (Å²) in [5.41, 5.74) is 1.23. The molecule has 0 fully saturated rings. The molecule has 2 N–H and O–H groups in total. The van der Waals surface area contributed by atoms with Gasteiger partial charge in [-0.25, -0.2) is 9.78 Å². The van der Waals surface area contributed by atoms with Crippen molar-refractivity contribution in [2.45, 2.75) is 6.54 Å². The normalized spacial score (nSPS) is 10.7. The minimum absolute atomic E-state index is 0.153. The summed E-state index contributed by atoms with van der Waals surface area (Å²) >= 11 is 0. The second-order valence-corrected chi connectivity index (χ2v) is 4.39. The molecule has 108 valence electrons. The summed E-state index contributed by atoms with van der Waals surface area (Å²) in [6, 6.07) is 6.69. The number of aromatic amines is 1. The number of aromatic nitrogens is 3. The van der Waals surface area contributed by atoms with Gasteiger partial charge in [0, 0.05) is 18.7 Å². The number of benzene rings is 1. The maximum absolute atomic E-state index is 12.2. The number of amides is 1. The molecule has 0 saturated carbocycles. The summed E-state index contributed by atoms with van der Waals surface area (Å²) in [6.07, 6.45) is 3.90. The molecule has 1 aromatic carbocycles. The van der Waals surface area contributed by atoms with Crippen molar-refractivity contribution in [1.82, 2.24) is 20.1 Å². The van der Waals surface area contributed by atoms with Crippen molar-refractivity contribution in [2.75, 3.05) is 7.05 Å². The van der Waals surface area contributed by atoms with Crippen LogP contribution in [0.3, 0.4) is 0 Å². The molecule has 0 radical (unpaired) electrons. The van der Waals surface area contributed by atoms with Crippen molar-refractivity contribution in [3.05, 3.63) is 53.6 Å². The van der Waals surface area contributed by atoms with Crippen molar-refractivity contribution in [3.63, 3.8) is 0 Å². The summed E-state index contributed by atoms with van der Waals surface area (Å²) in [7, 11) is 1.67. The van der Waals surface area contributed by atoms with Gasteiger partial charge in [-0.3, -0.25) is 9.89 Å². The molecule has 0 atom stereocenters. The van der Waals surface area contributed by atoms with Crippen LogP contribution in [-0.2, 0) is 11.3 Å². The van der Waals surface area contributed by atoms with E-state index in [1.165, 1.54) is 17.3 Å². The molecule has 0 spiro atoms. The molecule has 0 aliphatic heterocycles. The molecule has 0 saturated heterocycles. The Morgan fingerprint density at radius 2 is 2.05 bits per heavy atom. The third-order valence-electron chi connectivity index (χ3n) is 2.77. The number of hydrogen-bond donors (Lipinski definition) is 2. The number of nitrogens with zero attached hydrogens (tertiary/aromatic N) is 3. The first-order chi connectivity index (χ1) is 10.1. The fourth-order valence-electron chi connectivity index (χ4n) is 1.73. The lowest BCUT2D eigenvalue weighted by atomic mass is 10.1. The fourth-order valence-corrected chi connectivity index (χ4v) is 1.73. The Morgan fingerprint density at radius 1 is 1.33 bits per heavy atom. The Kier molecular flexibility index (Phi) is 4.45. The Morgan fingerprint density at radius 3 is 2.62 bits per heavy atom. The van der Waals surface area contributed by atoms with Crippen LogP contribution in [0.2, 0.25) is 0 Å². The van der Waals surface area contributed by atoms with Crippen molar-refractivity contribution in [1.29, 1.82) is 0 Å². The van der Waals surface area contributed by atoms with Crippen LogP contribution >= 0.6 is 0 Å². The fraction of sp³-hybridized carbons (Fsp3) is 0.143. The molecular formula is C14H14N4O3. The van der Waals surface area contributed by atoms with Gasteiger partial charge in [-0.05, 0) is 23.8 Å². The molecule has 1 amide bonds. The zero-order valence-corrected chi connectivity index (χ0v) is 11.4. The van der Waals surface area contributed by atoms with E-state index in [0.29, 0.717) is 23.5 Å². The number of hydrogen-bond acceptors (Lipinski definition) is 4. The molecule has 7 heteroatoms. The van der Waals surface area contributed by atoms with E-state index in [2.05, 4.69) is 15.2 Å². The topological polar surface area (TPSA) is 99.2 Å². The van der Waals surface area contributed by atoms with E-state index < -0.39 is 5.97 Å². The molecule has 21 heavy (non-hydrogen) atoms. The van der Waals surface area contributed by atoms with Crippen LogP contribution in [0.1, 0.15) is 21.7 Å². The van der Waals surface area contributed by atoms with Crippen molar-refractivity contribution in [2.24, 2.45) is 0 Å². The Balaban J connectivity index is 2.03. The summed E-state index contributed by atoms with van der Waals surface area (Å²) in [5.74, 6) is -0.561. The zero-order valence-electron chi connectivity index (χ0n) is 11.4. The lowest BCUT2D eigenvalue weighted by Gasteiger charge is -2.15. The number of aliphatic carboxylic acids is 1. The number of H-pyrrole nitrogens is 1. The SMILES string of the molecule is CN(Cc1ncn[nH]1)C(=O)c1ccc(C=CC(=O)O)cc1. The maximum atomic E-state index is 12.2. The Labute approximate surface area is 120 Å². The summed E-state index contributed by atoms with van der Waals surface area (Å²) in [6.45, 7) is 0.333. The zero-order chi connectivity index (χ0) is 15.2. The van der Waals surface area contributed by atoms with Crippen molar-refractivity contribution >= 4 is 18.0 Å². The van der Waals surface area contributed by atoms with E-state index in [0.717, 1.165) is 6.08 Å². The van der Waals surface area contributed by atoms with E-state index in [-0.39, 0.29) is 5.91 Å². The number of carbonyl (C=O) groups is 2. The highest BCUT2D eigenvalue weighted by Crippen LogP contribution is 2.09. The average molecular weight is 286 g/mol. The number of carbonyl (C=O) groups excluding carboxylic acids is 1. The van der Waals surface area contributed by atoms with Gasteiger partial charge in [-0.2, -0.15) is 5.10 Å². The van der Waals surface area contributed by atoms with Crippen LogP contribution < -0.4 is 0 Å². The van der Waals surface area contributed by atoms with Crippen LogP contribution in [0.15, 0.2) is 36.7 Å². The standard InChI is InChI=1S/C14H14N4O3/c1-18(8-12-15-9-16-17-12)14(21)11-5-2-10(3-6-11)4-7-13(19)20/h2-7,9H,8H2,1H3,(H,19,20)(H,15,16,17). The van der Waals surface area contributed by atoms with E-state index >= 15 is 0 Å². The molecule has 0 aliphatic rings. The molecular weight excluding hydrogens is 272 g/mol. The van der Waals surface area contributed by atoms with Gasteiger partial charge in [0.2, 0.25) is 0 Å². The van der Waals surface area contributed by atoms with E-state index in [1.54, 1.807) is 31.3 Å². The van der Waals surface area contributed by atoms with Crippen LogP contribution in [0.4, 0.5) is 0 Å². The predicted octanol–water partition coefficient (Wildman–Crippen LogP) is 1.17. The van der Waals surface area contributed by atoms with E-state index in [1.807, 2.05) is 0 Å². The lowest BCUT2D eigenvalue weighted by Crippen LogP contribution is -2.26. The second kappa shape index (κ2) is 6.47. The van der Waals surface area contributed by atoms with Gasteiger partial charge in [0.25, 0.3) is 5.91 Å². The quantitative estimate of drug-likeness (QED) is 0.804. The molecule has 2 aromatic rings. The van der Waals surface area contributed by atoms with Crippen molar-refractivity contribution < 1.29 is 14.7 Å². The van der Waals surface area contributed by atoms with Gasteiger partial charge >= 0.3 is 5.97 Å². The first kappa shape index (κ1) is 14.4. The molecule has 7 nitrogen and oxygen atoms in total. The molecule has 1 aromatic heterocycles. The minimum Gasteiger partial charge on any atom is -0.478 e. The van der Waals surface area contributed by atoms with Gasteiger partial charge in [-0.15, -0.1) is 0 Å². The largest absolute Gasteiger partial charge is 0.478 e. The number of rotatable bonds is 5. The Bertz CT molecular complexity index is 647. The first-order valence-electron chi connectivity index (χ1n) is 6.17. The molecule has 1 heterocycles.